The van der Waals surface area contributed by atoms with Crippen LogP contribution in [0, 0.1) is 18.2 Å². The monoisotopic (exact) mass is 892 g/mol. The molecule has 212 valence electrons. The number of aryl methyl sites for hydroxylation is 2. The Morgan fingerprint density at radius 3 is 1.70 bits per heavy atom. The fourth-order valence-corrected chi connectivity index (χ4v) is 6.41. The molecule has 3 nitrogen and oxygen atoms in total. The van der Waals surface area contributed by atoms with E-state index >= 15 is 0 Å². The number of aromatic nitrogens is 3. The molecule has 0 fully saturated rings. The molecule has 0 saturated heterocycles. The molecule has 3 aromatic heterocycles. The zero-order valence-electron chi connectivity index (χ0n) is 25.7. The first-order chi connectivity index (χ1) is 20.7. The maximum atomic E-state index is 4.45. The van der Waals surface area contributed by atoms with Crippen LogP contribution in [0.5, 0.6) is 0 Å². The molecule has 0 bridgehead atoms. The van der Waals surface area contributed by atoms with Crippen LogP contribution in [0.15, 0.2) is 121 Å². The standard InChI is InChI=1S/C22H15N2.C17H11N.4Y/c1-24-21-8-3-2-6-18(21)19-12-9-15-14-16(10-11-17(15)22(19)24)20-7-4-5-13-23-20;1-18-16-9-5-4-8-14(16)15-11-10-12-6-2-3-7-13(12)17(15)18;;;;/h2-8,10-14H,1H3;3-9,11H,1H3;;;;/q-1;-2;;;;. The van der Waals surface area contributed by atoms with E-state index in [2.05, 4.69) is 131 Å². The Kier molecular flexibility index (Phi) is 13.3. The Labute approximate surface area is 369 Å². The number of hydrogen-bond donors (Lipinski definition) is 0. The predicted octanol–water partition coefficient (Wildman–Crippen LogP) is 9.42. The average Bonchev–Trinajstić information content (AvgIpc) is 3.53. The Bertz CT molecular complexity index is 2450. The van der Waals surface area contributed by atoms with Crippen molar-refractivity contribution in [1.82, 2.24) is 14.1 Å². The third-order valence-electron chi connectivity index (χ3n) is 8.39. The fourth-order valence-electron chi connectivity index (χ4n) is 6.41. The minimum Gasteiger partial charge on any atom is -0.363 e. The molecule has 0 aliphatic rings. The van der Waals surface area contributed by atoms with Gasteiger partial charge in [-0.2, -0.15) is 11.5 Å². The van der Waals surface area contributed by atoms with E-state index in [1.807, 2.05) is 36.5 Å². The van der Waals surface area contributed by atoms with Crippen molar-refractivity contribution >= 4 is 65.2 Å². The van der Waals surface area contributed by atoms with Gasteiger partial charge in [0.2, 0.25) is 0 Å². The number of benzene rings is 6. The van der Waals surface area contributed by atoms with E-state index in [9.17, 15) is 0 Å². The Morgan fingerprint density at radius 1 is 0.522 bits per heavy atom. The van der Waals surface area contributed by atoms with E-state index in [0.717, 1.165) is 22.0 Å². The molecule has 0 atom stereocenters. The van der Waals surface area contributed by atoms with Gasteiger partial charge in [-0.25, -0.2) is 18.2 Å². The van der Waals surface area contributed by atoms with E-state index in [1.165, 1.54) is 54.4 Å². The second-order valence-electron chi connectivity index (χ2n) is 10.7. The molecular weight excluding hydrogens is 866 g/mol. The molecule has 7 heteroatoms. The zero-order chi connectivity index (χ0) is 28.2. The number of hydrogen-bond acceptors (Lipinski definition) is 1. The first-order valence-electron chi connectivity index (χ1n) is 14.1. The van der Waals surface area contributed by atoms with Crippen molar-refractivity contribution in [2.75, 3.05) is 0 Å². The number of para-hydroxylation sites is 2. The average molecular weight is 892 g/mol. The van der Waals surface area contributed by atoms with Crippen molar-refractivity contribution in [3.8, 4) is 11.3 Å². The summed E-state index contributed by atoms with van der Waals surface area (Å²) < 4.78 is 4.54. The van der Waals surface area contributed by atoms with Crippen LogP contribution in [-0.4, -0.2) is 14.1 Å². The summed E-state index contributed by atoms with van der Waals surface area (Å²) in [6.07, 6.45) is 1.83. The first kappa shape index (κ1) is 37.8. The van der Waals surface area contributed by atoms with Crippen molar-refractivity contribution in [3.63, 3.8) is 0 Å². The van der Waals surface area contributed by atoms with Crippen LogP contribution in [0.2, 0.25) is 0 Å². The maximum absolute atomic E-state index is 4.45. The molecule has 0 unspecified atom stereocenters. The van der Waals surface area contributed by atoms with E-state index in [-0.39, 0.29) is 131 Å². The fraction of sp³-hybridized carbons (Fsp3) is 0.0513. The van der Waals surface area contributed by atoms with Crippen LogP contribution in [0.3, 0.4) is 0 Å². The summed E-state index contributed by atoms with van der Waals surface area (Å²) in [6.45, 7) is 0. The van der Waals surface area contributed by atoms with E-state index < -0.39 is 0 Å². The SMILES string of the molecule is Cn1c2ccccc2c2c[c-]c3c[c-]ccc3c21.Cn1c2ccccc2c2c[c-]c3cc(-c4ccccn4)ccc3c21.[Y].[Y].[Y].[Y]. The second kappa shape index (κ2) is 16.1. The third-order valence-corrected chi connectivity index (χ3v) is 8.39. The molecule has 6 aromatic carbocycles. The molecular formula is C39H26N3Y4-3. The Balaban J connectivity index is 0.000000198. The molecule has 0 aliphatic carbocycles. The van der Waals surface area contributed by atoms with E-state index in [4.69, 9.17) is 0 Å². The van der Waals surface area contributed by atoms with Gasteiger partial charge in [0.15, 0.2) is 0 Å². The molecule has 3 heterocycles. The third kappa shape index (κ3) is 6.63. The van der Waals surface area contributed by atoms with Gasteiger partial charge in [-0.05, 0) is 46.1 Å². The quantitative estimate of drug-likeness (QED) is 0.151. The first-order valence-corrected chi connectivity index (χ1v) is 14.1. The second-order valence-corrected chi connectivity index (χ2v) is 10.7. The molecule has 9 rings (SSSR count). The summed E-state index contributed by atoms with van der Waals surface area (Å²) in [5.41, 5.74) is 7.17. The van der Waals surface area contributed by atoms with Gasteiger partial charge in [-0.15, -0.1) is 29.7 Å². The van der Waals surface area contributed by atoms with Gasteiger partial charge < -0.3 is 9.13 Å². The molecule has 0 aliphatic heterocycles. The molecule has 0 N–H and O–H groups in total. The summed E-state index contributed by atoms with van der Waals surface area (Å²) in [5, 5.41) is 9.81. The van der Waals surface area contributed by atoms with Crippen LogP contribution in [0.4, 0.5) is 0 Å². The topological polar surface area (TPSA) is 22.8 Å². The van der Waals surface area contributed by atoms with Crippen molar-refractivity contribution in [1.29, 1.82) is 0 Å². The maximum Gasteiger partial charge on any atom is 0.0609 e. The smallest absolute Gasteiger partial charge is 0.0609 e. The number of nitrogens with zero attached hydrogens (tertiary/aromatic N) is 3. The zero-order valence-corrected chi connectivity index (χ0v) is 37.1. The Hall–Kier alpha value is -0.994. The van der Waals surface area contributed by atoms with Crippen LogP contribution < -0.4 is 0 Å². The minimum atomic E-state index is 0. The number of rotatable bonds is 1. The van der Waals surface area contributed by atoms with Crippen LogP contribution in [-0.2, 0) is 145 Å². The molecule has 4 radical (unpaired) electrons. The minimum absolute atomic E-state index is 0. The van der Waals surface area contributed by atoms with Gasteiger partial charge in [-0.3, -0.25) is 16.4 Å². The van der Waals surface area contributed by atoms with E-state index in [1.54, 1.807) is 0 Å². The van der Waals surface area contributed by atoms with Crippen molar-refractivity contribution < 1.29 is 131 Å². The van der Waals surface area contributed by atoms with Crippen LogP contribution in [0.1, 0.15) is 0 Å². The number of pyridine rings is 1. The van der Waals surface area contributed by atoms with Gasteiger partial charge >= 0.3 is 0 Å². The molecule has 0 spiro atoms. The Morgan fingerprint density at radius 2 is 1.09 bits per heavy atom. The molecule has 46 heavy (non-hydrogen) atoms. The van der Waals surface area contributed by atoms with Gasteiger partial charge in [-0.1, -0.05) is 76.3 Å². The van der Waals surface area contributed by atoms with Gasteiger partial charge in [0.05, 0.1) is 5.69 Å². The summed E-state index contributed by atoms with van der Waals surface area (Å²) in [6, 6.07) is 49.8. The van der Waals surface area contributed by atoms with Gasteiger partial charge in [0.25, 0.3) is 0 Å². The van der Waals surface area contributed by atoms with Gasteiger partial charge in [0, 0.05) is 162 Å². The summed E-state index contributed by atoms with van der Waals surface area (Å²) in [5.74, 6) is 0. The summed E-state index contributed by atoms with van der Waals surface area (Å²) in [4.78, 5) is 4.45. The number of fused-ring (bicyclic) bond motifs is 10. The van der Waals surface area contributed by atoms with Crippen LogP contribution >= 0.6 is 0 Å². The molecule has 9 aromatic rings. The molecule has 0 amide bonds. The predicted molar refractivity (Wildman–Crippen MR) is 176 cm³/mol. The van der Waals surface area contributed by atoms with Crippen molar-refractivity contribution in [3.05, 3.63) is 140 Å². The van der Waals surface area contributed by atoms with Crippen molar-refractivity contribution in [2.24, 2.45) is 14.1 Å². The largest absolute Gasteiger partial charge is 0.363 e. The normalized spacial score (nSPS) is 10.6. The summed E-state index contributed by atoms with van der Waals surface area (Å²) in [7, 11) is 4.26. The van der Waals surface area contributed by atoms with E-state index in [0.29, 0.717) is 0 Å². The molecule has 0 saturated carbocycles. The van der Waals surface area contributed by atoms with Crippen LogP contribution in [0.25, 0.3) is 76.4 Å². The van der Waals surface area contributed by atoms with Crippen molar-refractivity contribution in [2.45, 2.75) is 0 Å². The van der Waals surface area contributed by atoms with Gasteiger partial charge in [0.1, 0.15) is 0 Å². The summed E-state index contributed by atoms with van der Waals surface area (Å²) >= 11 is 0.